The van der Waals surface area contributed by atoms with E-state index in [0.717, 1.165) is 0 Å². The molecule has 0 aliphatic heterocycles. The monoisotopic (exact) mass is 501 g/mol. The minimum atomic E-state index is 0. The van der Waals surface area contributed by atoms with E-state index in [1.807, 2.05) is 0 Å². The molecule has 0 unspecified atom stereocenters. The van der Waals surface area contributed by atoms with Crippen LogP contribution >= 0.6 is 0 Å². The molecule has 0 atom stereocenters. The van der Waals surface area contributed by atoms with E-state index in [2.05, 4.69) is 0 Å². The van der Waals surface area contributed by atoms with Crippen LogP contribution < -0.4 is 0 Å². The average Bonchev–Trinajstić information content (AvgIpc) is 0. The van der Waals surface area contributed by atoms with Crippen molar-refractivity contribution >= 4 is 52.8 Å². The van der Waals surface area contributed by atoms with E-state index in [4.69, 9.17) is 0 Å². The fraction of sp³-hybridized carbons (Fsp3) is 0. The third kappa shape index (κ3) is 48.7. The van der Waals surface area contributed by atoms with Gasteiger partial charge in [0, 0.05) is 138 Å². The van der Waals surface area contributed by atoms with Gasteiger partial charge < -0.3 is 0 Å². The quantitative estimate of drug-likeness (QED) is 0.371. The van der Waals surface area contributed by atoms with Gasteiger partial charge in [0.1, 0.15) is 0 Å². The maximum Gasteiger partial charge on any atom is 0 e. The summed E-state index contributed by atoms with van der Waals surface area (Å²) in [5.41, 5.74) is 0. The predicted molar refractivity (Wildman–Crippen MR) is 17.3 cm³/mol. The second kappa shape index (κ2) is 65.7. The molecule has 0 aromatic carbocycles. The zero-order valence-electron chi connectivity index (χ0n) is 3.27. The first-order chi connectivity index (χ1) is 0. The molecule has 8 heteroatoms. The fourth-order valence-corrected chi connectivity index (χ4v) is 0. The Morgan fingerprint density at radius 3 is 0.250 bits per heavy atom. The Hall–Kier alpha value is 4.23. The Labute approximate surface area is 136 Å². The van der Waals surface area contributed by atoms with Crippen LogP contribution in [0.3, 0.4) is 0 Å². The molecular formula is Fe5Ge3. The van der Waals surface area contributed by atoms with Crippen LogP contribution in [0.1, 0.15) is 0 Å². The molecule has 0 spiro atoms. The second-order valence-electron chi connectivity index (χ2n) is 0. The molecule has 0 N–H and O–H groups in total. The third-order valence-electron chi connectivity index (χ3n) is 0. The van der Waals surface area contributed by atoms with Crippen molar-refractivity contribution < 1.29 is 85.3 Å². The van der Waals surface area contributed by atoms with Crippen LogP contribution in [0.25, 0.3) is 0 Å². The van der Waals surface area contributed by atoms with Crippen LogP contribution in [0, 0.1) is 0 Å². The first-order valence-electron chi connectivity index (χ1n) is 0. The molecule has 8 heavy (non-hydrogen) atoms. The van der Waals surface area contributed by atoms with Gasteiger partial charge in [-0.1, -0.05) is 0 Å². The third-order valence-corrected chi connectivity index (χ3v) is 0. The Bertz CT molecular complexity index is 7.64. The van der Waals surface area contributed by atoms with Gasteiger partial charge in [0.25, 0.3) is 0 Å². The van der Waals surface area contributed by atoms with Crippen LogP contribution in [-0.2, 0) is 85.3 Å². The van der Waals surface area contributed by atoms with E-state index in [1.54, 1.807) is 0 Å². The number of rotatable bonds is 0. The molecule has 0 heterocycles. The van der Waals surface area contributed by atoms with Crippen LogP contribution in [0.2, 0.25) is 0 Å². The standard InChI is InChI=1S/5Fe.3Ge. The van der Waals surface area contributed by atoms with Gasteiger partial charge in [0.15, 0.2) is 0 Å². The summed E-state index contributed by atoms with van der Waals surface area (Å²) in [4.78, 5) is 0. The molecule has 0 saturated carbocycles. The number of hydrogen-bond acceptors (Lipinski definition) is 0. The summed E-state index contributed by atoms with van der Waals surface area (Å²) in [5.74, 6) is 0. The van der Waals surface area contributed by atoms with Crippen molar-refractivity contribution in [1.29, 1.82) is 0 Å². The smallest absolute Gasteiger partial charge is 0 e. The molecule has 0 rings (SSSR count). The van der Waals surface area contributed by atoms with Crippen molar-refractivity contribution in [2.45, 2.75) is 0 Å². The SMILES string of the molecule is [Fe].[Fe].[Fe].[Fe].[Fe].[Ge].[Ge].[Ge]. The van der Waals surface area contributed by atoms with Crippen LogP contribution in [0.15, 0.2) is 0 Å². The van der Waals surface area contributed by atoms with Crippen LogP contribution in [0.4, 0.5) is 0 Å². The van der Waals surface area contributed by atoms with Crippen molar-refractivity contribution in [1.82, 2.24) is 0 Å². The molecule has 0 bridgehead atoms. The second-order valence-corrected chi connectivity index (χ2v) is 0. The summed E-state index contributed by atoms with van der Waals surface area (Å²) < 4.78 is 0. The number of hydrogen-bond donors (Lipinski definition) is 0. The summed E-state index contributed by atoms with van der Waals surface area (Å²) in [7, 11) is 0. The van der Waals surface area contributed by atoms with Gasteiger partial charge in [-0.3, -0.25) is 0 Å². The van der Waals surface area contributed by atoms with Crippen molar-refractivity contribution in [2.75, 3.05) is 0 Å². The molecule has 52 valence electrons. The molecule has 0 saturated heterocycles. The molecule has 12 radical (unpaired) electrons. The summed E-state index contributed by atoms with van der Waals surface area (Å²) in [6.07, 6.45) is 0. The molecule has 0 nitrogen and oxygen atoms in total. The Morgan fingerprint density at radius 2 is 0.250 bits per heavy atom. The van der Waals surface area contributed by atoms with Gasteiger partial charge in [-0.15, -0.1) is 0 Å². The van der Waals surface area contributed by atoms with E-state index >= 15 is 0 Å². The average molecular weight is 497 g/mol. The molecule has 0 amide bonds. The summed E-state index contributed by atoms with van der Waals surface area (Å²) in [6, 6.07) is 0. The molecule has 0 aromatic rings. The minimum absolute atomic E-state index is 0. The van der Waals surface area contributed by atoms with Crippen molar-refractivity contribution in [2.24, 2.45) is 0 Å². The normalized spacial score (nSPS) is 0. The zero-order chi connectivity index (χ0) is 0. The van der Waals surface area contributed by atoms with E-state index in [-0.39, 0.29) is 138 Å². The fourth-order valence-electron chi connectivity index (χ4n) is 0. The molecule has 0 fully saturated rings. The largest absolute Gasteiger partial charge is 0 e. The zero-order valence-corrected chi connectivity index (χ0v) is 15.1. The van der Waals surface area contributed by atoms with E-state index < -0.39 is 0 Å². The van der Waals surface area contributed by atoms with Gasteiger partial charge in [-0.25, -0.2) is 0 Å². The first-order valence-corrected chi connectivity index (χ1v) is 0. The van der Waals surface area contributed by atoms with Gasteiger partial charge >= 0.3 is 0 Å². The summed E-state index contributed by atoms with van der Waals surface area (Å²) in [5, 5.41) is 0. The van der Waals surface area contributed by atoms with Crippen molar-refractivity contribution in [3.63, 3.8) is 0 Å². The van der Waals surface area contributed by atoms with Gasteiger partial charge in [0.2, 0.25) is 0 Å². The Morgan fingerprint density at radius 1 is 0.250 bits per heavy atom. The van der Waals surface area contributed by atoms with Gasteiger partial charge in [0.05, 0.1) is 0 Å². The summed E-state index contributed by atoms with van der Waals surface area (Å²) >= 11 is 0. The first kappa shape index (κ1) is 86.3. The molecule has 0 aliphatic carbocycles. The van der Waals surface area contributed by atoms with E-state index in [0.29, 0.717) is 0 Å². The van der Waals surface area contributed by atoms with E-state index in [1.165, 1.54) is 0 Å². The minimum Gasteiger partial charge on any atom is 0 e. The van der Waals surface area contributed by atoms with E-state index in [9.17, 15) is 0 Å². The van der Waals surface area contributed by atoms with Crippen molar-refractivity contribution in [3.8, 4) is 0 Å². The van der Waals surface area contributed by atoms with Crippen molar-refractivity contribution in [3.05, 3.63) is 0 Å². The molecule has 0 aromatic heterocycles. The summed E-state index contributed by atoms with van der Waals surface area (Å²) in [6.45, 7) is 0. The topological polar surface area (TPSA) is 0 Å². The van der Waals surface area contributed by atoms with Gasteiger partial charge in [-0.2, -0.15) is 0 Å². The molecule has 0 aliphatic rings. The van der Waals surface area contributed by atoms with Gasteiger partial charge in [-0.05, 0) is 0 Å². The molecular weight excluding hydrogens is 497 g/mol. The van der Waals surface area contributed by atoms with Crippen LogP contribution in [0.5, 0.6) is 0 Å². The Balaban J connectivity index is 0. The predicted octanol–water partition coefficient (Wildman–Crippen LogP) is -1.15. The maximum absolute atomic E-state index is 0. The van der Waals surface area contributed by atoms with Crippen LogP contribution in [-0.4, -0.2) is 52.8 Å². The Kier molecular flexibility index (Phi) is 709. The maximum atomic E-state index is 0.